The van der Waals surface area contributed by atoms with Gasteiger partial charge in [-0.2, -0.15) is 0 Å². The Morgan fingerprint density at radius 2 is 2.00 bits per heavy atom. The number of rotatable bonds is 7. The highest BCUT2D eigenvalue weighted by Gasteiger charge is 2.01. The lowest BCUT2D eigenvalue weighted by Crippen LogP contribution is -2.06. The third-order valence-corrected chi connectivity index (χ3v) is 2.26. The normalized spacial score (nSPS) is 10.0. The fourth-order valence-corrected chi connectivity index (χ4v) is 1.36. The molecule has 0 aliphatic carbocycles. The third kappa shape index (κ3) is 5.36. The first kappa shape index (κ1) is 13.5. The van der Waals surface area contributed by atoms with Crippen LogP contribution in [-0.2, 0) is 16.1 Å². The van der Waals surface area contributed by atoms with Crippen LogP contribution in [0.25, 0.3) is 0 Å². The van der Waals surface area contributed by atoms with Crippen LogP contribution in [-0.4, -0.2) is 19.2 Å². The first-order valence-electron chi connectivity index (χ1n) is 5.83. The highest BCUT2D eigenvalue weighted by atomic mass is 16.5. The highest BCUT2D eigenvalue weighted by molar-refractivity contribution is 5.69. The summed E-state index contributed by atoms with van der Waals surface area (Å²) in [6.07, 6.45) is 1.06. The van der Waals surface area contributed by atoms with Crippen LogP contribution >= 0.6 is 0 Å². The molecule has 0 radical (unpaired) electrons. The maximum absolute atomic E-state index is 11.0. The number of esters is 1. The van der Waals surface area contributed by atoms with Crippen LogP contribution in [0.5, 0.6) is 5.75 Å². The summed E-state index contributed by atoms with van der Waals surface area (Å²) < 4.78 is 10.3. The Bertz CT molecular complexity index is 335. The second kappa shape index (κ2) is 7.68. The molecule has 1 aromatic rings. The number of ether oxygens (including phenoxy) is 2. The highest BCUT2D eigenvalue weighted by Crippen LogP contribution is 2.12. The van der Waals surface area contributed by atoms with Crippen LogP contribution in [0.3, 0.4) is 0 Å². The fraction of sp³-hybridized carbons (Fsp3) is 0.462. The SMILES string of the molecule is CCOC(=O)CCCOc1ccc(CN)cc1. The van der Waals surface area contributed by atoms with Gasteiger partial charge in [-0.1, -0.05) is 12.1 Å². The van der Waals surface area contributed by atoms with Gasteiger partial charge in [-0.25, -0.2) is 0 Å². The molecule has 1 aromatic carbocycles. The fourth-order valence-electron chi connectivity index (χ4n) is 1.36. The smallest absolute Gasteiger partial charge is 0.305 e. The van der Waals surface area contributed by atoms with Crippen molar-refractivity contribution in [2.75, 3.05) is 13.2 Å². The van der Waals surface area contributed by atoms with Gasteiger partial charge in [-0.3, -0.25) is 4.79 Å². The largest absolute Gasteiger partial charge is 0.494 e. The average Bonchev–Trinajstić information content (AvgIpc) is 2.36. The average molecular weight is 237 g/mol. The van der Waals surface area contributed by atoms with Crippen molar-refractivity contribution in [2.45, 2.75) is 26.3 Å². The van der Waals surface area contributed by atoms with Crippen LogP contribution in [0.15, 0.2) is 24.3 Å². The van der Waals surface area contributed by atoms with Crippen molar-refractivity contribution in [3.63, 3.8) is 0 Å². The van der Waals surface area contributed by atoms with E-state index in [9.17, 15) is 4.79 Å². The summed E-state index contributed by atoms with van der Waals surface area (Å²) in [6, 6.07) is 7.63. The van der Waals surface area contributed by atoms with Crippen LogP contribution in [0, 0.1) is 0 Å². The minimum Gasteiger partial charge on any atom is -0.494 e. The molecule has 2 N–H and O–H groups in total. The molecule has 0 bridgehead atoms. The monoisotopic (exact) mass is 237 g/mol. The van der Waals surface area contributed by atoms with Crippen molar-refractivity contribution in [1.82, 2.24) is 0 Å². The van der Waals surface area contributed by atoms with E-state index < -0.39 is 0 Å². The molecule has 0 aromatic heterocycles. The van der Waals surface area contributed by atoms with Gasteiger partial charge < -0.3 is 15.2 Å². The zero-order valence-corrected chi connectivity index (χ0v) is 10.1. The minimum atomic E-state index is -0.172. The van der Waals surface area contributed by atoms with Gasteiger partial charge in [0.25, 0.3) is 0 Å². The maximum Gasteiger partial charge on any atom is 0.305 e. The summed E-state index contributed by atoms with van der Waals surface area (Å²) in [5.74, 6) is 0.626. The summed E-state index contributed by atoms with van der Waals surface area (Å²) in [7, 11) is 0. The van der Waals surface area contributed by atoms with Crippen molar-refractivity contribution >= 4 is 5.97 Å². The Kier molecular flexibility index (Phi) is 6.10. The van der Waals surface area contributed by atoms with Crippen LogP contribution in [0.4, 0.5) is 0 Å². The molecule has 4 heteroatoms. The Labute approximate surface area is 102 Å². The summed E-state index contributed by atoms with van der Waals surface area (Å²) in [5, 5.41) is 0. The molecule has 0 unspecified atom stereocenters. The summed E-state index contributed by atoms with van der Waals surface area (Å²) in [4.78, 5) is 11.0. The van der Waals surface area contributed by atoms with Gasteiger partial charge in [0.15, 0.2) is 0 Å². The van der Waals surface area contributed by atoms with Gasteiger partial charge in [-0.15, -0.1) is 0 Å². The molecule has 17 heavy (non-hydrogen) atoms. The molecular weight excluding hydrogens is 218 g/mol. The van der Waals surface area contributed by atoms with Gasteiger partial charge in [0.05, 0.1) is 13.2 Å². The topological polar surface area (TPSA) is 61.5 Å². The quantitative estimate of drug-likeness (QED) is 0.581. The molecule has 0 saturated carbocycles. The van der Waals surface area contributed by atoms with Gasteiger partial charge in [0.2, 0.25) is 0 Å². The maximum atomic E-state index is 11.0. The molecule has 1 rings (SSSR count). The second-order valence-electron chi connectivity index (χ2n) is 3.61. The molecule has 0 spiro atoms. The van der Waals surface area contributed by atoms with Crippen LogP contribution in [0.1, 0.15) is 25.3 Å². The van der Waals surface area contributed by atoms with E-state index in [1.54, 1.807) is 6.92 Å². The number of carbonyl (C=O) groups is 1. The van der Waals surface area contributed by atoms with Crippen molar-refractivity contribution in [1.29, 1.82) is 0 Å². The summed E-state index contributed by atoms with van der Waals surface area (Å²) in [5.41, 5.74) is 6.56. The summed E-state index contributed by atoms with van der Waals surface area (Å²) in [6.45, 7) is 3.28. The molecule has 0 amide bonds. The molecule has 0 aliphatic heterocycles. The lowest BCUT2D eigenvalue weighted by Gasteiger charge is -2.06. The van der Waals surface area contributed by atoms with E-state index in [4.69, 9.17) is 15.2 Å². The van der Waals surface area contributed by atoms with E-state index >= 15 is 0 Å². The van der Waals surface area contributed by atoms with Gasteiger partial charge in [-0.05, 0) is 31.0 Å². The van der Waals surface area contributed by atoms with E-state index in [0.717, 1.165) is 11.3 Å². The van der Waals surface area contributed by atoms with E-state index in [1.165, 1.54) is 0 Å². The second-order valence-corrected chi connectivity index (χ2v) is 3.61. The summed E-state index contributed by atoms with van der Waals surface area (Å²) >= 11 is 0. The molecule has 0 atom stereocenters. The third-order valence-electron chi connectivity index (χ3n) is 2.26. The Hall–Kier alpha value is -1.55. The first-order valence-corrected chi connectivity index (χ1v) is 5.83. The molecule has 0 saturated heterocycles. The number of nitrogens with two attached hydrogens (primary N) is 1. The van der Waals surface area contributed by atoms with Gasteiger partial charge in [0.1, 0.15) is 5.75 Å². The predicted molar refractivity (Wildman–Crippen MR) is 65.7 cm³/mol. The van der Waals surface area contributed by atoms with Gasteiger partial charge >= 0.3 is 5.97 Å². The Morgan fingerprint density at radius 3 is 2.59 bits per heavy atom. The zero-order valence-electron chi connectivity index (χ0n) is 10.1. The standard InChI is InChI=1S/C13H19NO3/c1-2-16-13(15)4-3-9-17-12-7-5-11(10-14)6-8-12/h5-8H,2-4,9-10,14H2,1H3. The van der Waals surface area contributed by atoms with E-state index in [1.807, 2.05) is 24.3 Å². The van der Waals surface area contributed by atoms with Crippen molar-refractivity contribution < 1.29 is 14.3 Å². The molecular formula is C13H19NO3. The zero-order chi connectivity index (χ0) is 12.5. The minimum absolute atomic E-state index is 0.172. The Morgan fingerprint density at radius 1 is 1.29 bits per heavy atom. The molecule has 4 nitrogen and oxygen atoms in total. The molecule has 0 fully saturated rings. The van der Waals surface area contributed by atoms with Crippen molar-refractivity contribution in [2.24, 2.45) is 5.73 Å². The first-order chi connectivity index (χ1) is 8.26. The van der Waals surface area contributed by atoms with Crippen LogP contribution < -0.4 is 10.5 Å². The van der Waals surface area contributed by atoms with Gasteiger partial charge in [0, 0.05) is 13.0 Å². The molecule has 0 heterocycles. The number of carbonyl (C=O) groups excluding carboxylic acids is 1. The molecule has 0 aliphatic rings. The van der Waals surface area contributed by atoms with Crippen LogP contribution in [0.2, 0.25) is 0 Å². The van der Waals surface area contributed by atoms with E-state index in [2.05, 4.69) is 0 Å². The Balaban J connectivity index is 2.19. The van der Waals surface area contributed by atoms with E-state index in [-0.39, 0.29) is 5.97 Å². The molecule has 94 valence electrons. The van der Waals surface area contributed by atoms with Crippen molar-refractivity contribution in [3.05, 3.63) is 29.8 Å². The predicted octanol–water partition coefficient (Wildman–Crippen LogP) is 1.87. The number of benzene rings is 1. The lowest BCUT2D eigenvalue weighted by atomic mass is 10.2. The van der Waals surface area contributed by atoms with Crippen molar-refractivity contribution in [3.8, 4) is 5.75 Å². The number of hydrogen-bond acceptors (Lipinski definition) is 4. The van der Waals surface area contributed by atoms with E-state index in [0.29, 0.717) is 32.6 Å². The number of hydrogen-bond donors (Lipinski definition) is 1. The lowest BCUT2D eigenvalue weighted by molar-refractivity contribution is -0.143.